The van der Waals surface area contributed by atoms with Crippen LogP contribution in [0.5, 0.6) is 5.75 Å². The van der Waals surface area contributed by atoms with Gasteiger partial charge in [-0.05, 0) is 37.6 Å². The molecule has 19 heavy (non-hydrogen) atoms. The van der Waals surface area contributed by atoms with E-state index in [2.05, 4.69) is 10.3 Å². The Balaban J connectivity index is 2.00. The van der Waals surface area contributed by atoms with E-state index < -0.39 is 6.10 Å². The number of nitrogens with zero attached hydrogens (tertiary/aromatic N) is 1. The van der Waals surface area contributed by atoms with Crippen molar-refractivity contribution in [2.24, 2.45) is 0 Å². The number of ether oxygens (including phenoxy) is 1. The molecule has 0 spiro atoms. The molecule has 2 rings (SSSR count). The highest BCUT2D eigenvalue weighted by Crippen LogP contribution is 2.23. The van der Waals surface area contributed by atoms with Crippen molar-refractivity contribution in [3.63, 3.8) is 0 Å². The zero-order valence-electron chi connectivity index (χ0n) is 10.5. The lowest BCUT2D eigenvalue weighted by Gasteiger charge is -2.15. The molecule has 0 aliphatic carbocycles. The first-order valence-corrected chi connectivity index (χ1v) is 6.95. The molecular weight excluding hydrogens is 284 g/mol. The normalized spacial score (nSPS) is 11.9. The van der Waals surface area contributed by atoms with Crippen LogP contribution in [0.2, 0.25) is 5.02 Å². The summed E-state index contributed by atoms with van der Waals surface area (Å²) in [7, 11) is 0. The van der Waals surface area contributed by atoms with Gasteiger partial charge in [-0.25, -0.2) is 4.98 Å². The molecule has 1 aromatic heterocycles. The molecule has 1 N–H and O–H groups in total. The van der Waals surface area contributed by atoms with E-state index in [0.29, 0.717) is 15.9 Å². The highest BCUT2D eigenvalue weighted by molar-refractivity contribution is 7.13. The number of amides is 1. The maximum absolute atomic E-state index is 11.9. The van der Waals surface area contributed by atoms with Gasteiger partial charge in [0.15, 0.2) is 11.2 Å². The molecule has 0 saturated heterocycles. The van der Waals surface area contributed by atoms with Crippen LogP contribution in [0.1, 0.15) is 12.5 Å². The second kappa shape index (κ2) is 6.04. The maximum Gasteiger partial charge on any atom is 0.266 e. The molecule has 1 atom stereocenters. The number of benzene rings is 1. The summed E-state index contributed by atoms with van der Waals surface area (Å²) < 4.78 is 5.62. The van der Waals surface area contributed by atoms with Gasteiger partial charge >= 0.3 is 0 Å². The lowest BCUT2D eigenvalue weighted by Crippen LogP contribution is -2.30. The molecule has 100 valence electrons. The number of aromatic nitrogens is 1. The summed E-state index contributed by atoms with van der Waals surface area (Å²) in [4.78, 5) is 15.9. The van der Waals surface area contributed by atoms with Gasteiger partial charge < -0.3 is 4.74 Å². The van der Waals surface area contributed by atoms with Crippen molar-refractivity contribution in [2.75, 3.05) is 5.32 Å². The van der Waals surface area contributed by atoms with Crippen molar-refractivity contribution in [3.05, 3.63) is 40.4 Å². The number of nitrogens with one attached hydrogen (secondary N) is 1. The smallest absolute Gasteiger partial charge is 0.266 e. The fraction of sp³-hybridized carbons (Fsp3) is 0.231. The minimum Gasteiger partial charge on any atom is -0.481 e. The first-order chi connectivity index (χ1) is 9.06. The van der Waals surface area contributed by atoms with Gasteiger partial charge in [0.2, 0.25) is 0 Å². The first-order valence-electron chi connectivity index (χ1n) is 5.69. The van der Waals surface area contributed by atoms with E-state index in [4.69, 9.17) is 16.3 Å². The van der Waals surface area contributed by atoms with Crippen molar-refractivity contribution >= 4 is 34.0 Å². The zero-order chi connectivity index (χ0) is 13.8. The number of carbonyl (C=O) groups excluding carboxylic acids is 1. The fourth-order valence-corrected chi connectivity index (χ4v) is 2.24. The van der Waals surface area contributed by atoms with E-state index >= 15 is 0 Å². The molecule has 0 saturated carbocycles. The molecule has 1 heterocycles. The number of anilines is 1. The second-order valence-electron chi connectivity index (χ2n) is 4.00. The zero-order valence-corrected chi connectivity index (χ0v) is 12.1. The van der Waals surface area contributed by atoms with Gasteiger partial charge in [0, 0.05) is 16.6 Å². The van der Waals surface area contributed by atoms with Crippen molar-refractivity contribution in [1.82, 2.24) is 4.98 Å². The first kappa shape index (κ1) is 13.8. The molecule has 0 aliphatic heterocycles. The lowest BCUT2D eigenvalue weighted by molar-refractivity contribution is -0.122. The van der Waals surface area contributed by atoms with Gasteiger partial charge in [0.05, 0.1) is 0 Å². The van der Waals surface area contributed by atoms with Crippen LogP contribution in [0.25, 0.3) is 0 Å². The van der Waals surface area contributed by atoms with Gasteiger partial charge in [-0.3, -0.25) is 10.1 Å². The van der Waals surface area contributed by atoms with E-state index in [0.717, 1.165) is 5.56 Å². The summed E-state index contributed by atoms with van der Waals surface area (Å²) in [5.74, 6) is 0.412. The minimum atomic E-state index is -0.608. The number of hydrogen-bond donors (Lipinski definition) is 1. The van der Waals surface area contributed by atoms with Crippen molar-refractivity contribution < 1.29 is 9.53 Å². The Hall–Kier alpha value is -1.59. The van der Waals surface area contributed by atoms with Crippen LogP contribution < -0.4 is 10.1 Å². The van der Waals surface area contributed by atoms with Gasteiger partial charge in [-0.1, -0.05) is 11.6 Å². The minimum absolute atomic E-state index is 0.232. The monoisotopic (exact) mass is 296 g/mol. The van der Waals surface area contributed by atoms with Gasteiger partial charge in [-0.2, -0.15) is 0 Å². The third-order valence-electron chi connectivity index (χ3n) is 2.47. The molecule has 1 amide bonds. The third-order valence-corrected chi connectivity index (χ3v) is 3.40. The SMILES string of the molecule is Cc1cc(Cl)ccc1OC(C)C(=O)Nc1nccs1. The average molecular weight is 297 g/mol. The Morgan fingerprint density at radius 2 is 2.32 bits per heavy atom. The van der Waals surface area contributed by atoms with Crippen LogP contribution in [0, 0.1) is 6.92 Å². The Morgan fingerprint density at radius 3 is 2.95 bits per heavy atom. The van der Waals surface area contributed by atoms with Crippen LogP contribution in [0.3, 0.4) is 0 Å². The molecule has 1 aromatic carbocycles. The molecule has 2 aromatic rings. The summed E-state index contributed by atoms with van der Waals surface area (Å²) >= 11 is 7.23. The molecular formula is C13H13ClN2O2S. The standard InChI is InChI=1S/C13H13ClN2O2S/c1-8-7-10(14)3-4-11(8)18-9(2)12(17)16-13-15-5-6-19-13/h3-7,9H,1-2H3,(H,15,16,17). The number of halogens is 1. The van der Waals surface area contributed by atoms with E-state index in [1.807, 2.05) is 6.92 Å². The molecule has 0 bridgehead atoms. The van der Waals surface area contributed by atoms with E-state index in [1.165, 1.54) is 11.3 Å². The number of rotatable bonds is 4. The van der Waals surface area contributed by atoms with Crippen molar-refractivity contribution in [3.8, 4) is 5.75 Å². The predicted octanol–water partition coefficient (Wildman–Crippen LogP) is 3.51. The lowest BCUT2D eigenvalue weighted by atomic mass is 10.2. The van der Waals surface area contributed by atoms with Gasteiger partial charge in [0.25, 0.3) is 5.91 Å². The predicted molar refractivity (Wildman–Crippen MR) is 77.0 cm³/mol. The highest BCUT2D eigenvalue weighted by atomic mass is 35.5. The topological polar surface area (TPSA) is 51.2 Å². The Labute approximate surface area is 120 Å². The Morgan fingerprint density at radius 1 is 1.53 bits per heavy atom. The summed E-state index contributed by atoms with van der Waals surface area (Å²) in [5.41, 5.74) is 0.890. The van der Waals surface area contributed by atoms with Crippen LogP contribution >= 0.6 is 22.9 Å². The Bertz CT molecular complexity index is 572. The number of aryl methyl sites for hydroxylation is 1. The summed E-state index contributed by atoms with van der Waals surface area (Å²) in [6.45, 7) is 3.57. The van der Waals surface area contributed by atoms with Crippen LogP contribution in [-0.4, -0.2) is 17.0 Å². The summed E-state index contributed by atoms with van der Waals surface area (Å²) in [5, 5.41) is 5.69. The number of carbonyl (C=O) groups is 1. The van der Waals surface area contributed by atoms with E-state index in [-0.39, 0.29) is 5.91 Å². The molecule has 0 aliphatic rings. The number of thiazole rings is 1. The summed E-state index contributed by atoms with van der Waals surface area (Å²) in [6, 6.07) is 5.28. The molecule has 6 heteroatoms. The largest absolute Gasteiger partial charge is 0.481 e. The van der Waals surface area contributed by atoms with E-state index in [9.17, 15) is 4.79 Å². The third kappa shape index (κ3) is 3.68. The van der Waals surface area contributed by atoms with Crippen molar-refractivity contribution in [2.45, 2.75) is 20.0 Å². The average Bonchev–Trinajstić information content (AvgIpc) is 2.85. The van der Waals surface area contributed by atoms with Crippen LogP contribution in [-0.2, 0) is 4.79 Å². The molecule has 0 radical (unpaired) electrons. The molecule has 0 fully saturated rings. The summed E-state index contributed by atoms with van der Waals surface area (Å²) in [6.07, 6.45) is 1.03. The molecule has 1 unspecified atom stereocenters. The van der Waals surface area contributed by atoms with Gasteiger partial charge in [-0.15, -0.1) is 11.3 Å². The maximum atomic E-state index is 11.9. The van der Waals surface area contributed by atoms with Gasteiger partial charge in [0.1, 0.15) is 5.75 Å². The fourth-order valence-electron chi connectivity index (χ4n) is 1.48. The molecule has 4 nitrogen and oxygen atoms in total. The van der Waals surface area contributed by atoms with Crippen LogP contribution in [0.15, 0.2) is 29.8 Å². The van der Waals surface area contributed by atoms with E-state index in [1.54, 1.807) is 36.7 Å². The highest BCUT2D eigenvalue weighted by Gasteiger charge is 2.16. The van der Waals surface area contributed by atoms with Crippen LogP contribution in [0.4, 0.5) is 5.13 Å². The van der Waals surface area contributed by atoms with Crippen molar-refractivity contribution in [1.29, 1.82) is 0 Å². The number of hydrogen-bond acceptors (Lipinski definition) is 4. The second-order valence-corrected chi connectivity index (χ2v) is 5.33. The Kier molecular flexibility index (Phi) is 4.39. The quantitative estimate of drug-likeness (QED) is 0.939.